The van der Waals surface area contributed by atoms with E-state index in [2.05, 4.69) is 27.8 Å². The normalized spacial score (nSPS) is 22.3. The Morgan fingerprint density at radius 2 is 2.25 bits per heavy atom. The summed E-state index contributed by atoms with van der Waals surface area (Å²) in [5.74, 6) is 0.611. The predicted molar refractivity (Wildman–Crippen MR) is 67.8 cm³/mol. The molecule has 1 aliphatic rings. The molecule has 0 aromatic heterocycles. The predicted octanol–water partition coefficient (Wildman–Crippen LogP) is 3.82. The van der Waals surface area contributed by atoms with Crippen molar-refractivity contribution in [2.45, 2.75) is 26.3 Å². The fourth-order valence-corrected chi connectivity index (χ4v) is 2.90. The topological polar surface area (TPSA) is 3.24 Å². The first-order valence-electron chi connectivity index (χ1n) is 5.81. The monoisotopic (exact) mass is 285 g/mol. The molecular weight excluding hydrogens is 269 g/mol. The maximum absolute atomic E-state index is 13.2. The van der Waals surface area contributed by atoms with E-state index in [9.17, 15) is 4.39 Å². The van der Waals surface area contributed by atoms with Gasteiger partial charge < -0.3 is 0 Å². The zero-order valence-corrected chi connectivity index (χ0v) is 11.1. The van der Waals surface area contributed by atoms with Gasteiger partial charge in [-0.1, -0.05) is 22.9 Å². The third kappa shape index (κ3) is 3.29. The van der Waals surface area contributed by atoms with Crippen molar-refractivity contribution in [3.05, 3.63) is 34.1 Å². The highest BCUT2D eigenvalue weighted by Gasteiger charge is 2.16. The van der Waals surface area contributed by atoms with Crippen LogP contribution in [-0.2, 0) is 6.54 Å². The molecule has 1 unspecified atom stereocenters. The van der Waals surface area contributed by atoms with Crippen LogP contribution in [0.5, 0.6) is 0 Å². The fourth-order valence-electron chi connectivity index (χ4n) is 2.39. The van der Waals surface area contributed by atoms with Gasteiger partial charge in [0.1, 0.15) is 5.82 Å². The molecule has 1 atom stereocenters. The van der Waals surface area contributed by atoms with Crippen molar-refractivity contribution in [2.24, 2.45) is 5.92 Å². The summed E-state index contributed by atoms with van der Waals surface area (Å²) in [6, 6.07) is 5.13. The molecule has 1 aromatic carbocycles. The van der Waals surface area contributed by atoms with Gasteiger partial charge in [0, 0.05) is 17.6 Å². The molecule has 1 heterocycles. The molecule has 0 aliphatic carbocycles. The number of likely N-dealkylation sites (tertiary alicyclic amines) is 1. The van der Waals surface area contributed by atoms with E-state index in [-0.39, 0.29) is 5.82 Å². The van der Waals surface area contributed by atoms with Gasteiger partial charge in [0.05, 0.1) is 0 Å². The van der Waals surface area contributed by atoms with Gasteiger partial charge in [-0.3, -0.25) is 4.90 Å². The van der Waals surface area contributed by atoms with Crippen LogP contribution >= 0.6 is 15.9 Å². The zero-order valence-electron chi connectivity index (χ0n) is 9.55. The summed E-state index contributed by atoms with van der Waals surface area (Å²) in [6.07, 6.45) is 2.58. The van der Waals surface area contributed by atoms with E-state index in [1.54, 1.807) is 6.07 Å². The smallest absolute Gasteiger partial charge is 0.124 e. The van der Waals surface area contributed by atoms with Crippen molar-refractivity contribution < 1.29 is 4.39 Å². The lowest BCUT2D eigenvalue weighted by Crippen LogP contribution is -2.33. The van der Waals surface area contributed by atoms with Crippen LogP contribution in [0.4, 0.5) is 4.39 Å². The van der Waals surface area contributed by atoms with Crippen molar-refractivity contribution >= 4 is 15.9 Å². The van der Waals surface area contributed by atoms with Crippen molar-refractivity contribution in [2.75, 3.05) is 13.1 Å². The van der Waals surface area contributed by atoms with Crippen LogP contribution in [0.3, 0.4) is 0 Å². The highest BCUT2D eigenvalue weighted by Crippen LogP contribution is 2.20. The molecule has 0 N–H and O–H groups in total. The molecule has 1 nitrogen and oxygen atoms in total. The third-order valence-electron chi connectivity index (χ3n) is 3.07. The Kier molecular flexibility index (Phi) is 3.98. The molecule has 1 saturated heterocycles. The molecule has 0 spiro atoms. The molecule has 0 bridgehead atoms. The molecule has 3 heteroatoms. The molecule has 0 radical (unpaired) electrons. The second-order valence-electron chi connectivity index (χ2n) is 4.76. The average Bonchev–Trinajstić information content (AvgIpc) is 2.15. The van der Waals surface area contributed by atoms with Crippen molar-refractivity contribution in [1.29, 1.82) is 0 Å². The first-order valence-corrected chi connectivity index (χ1v) is 6.60. The number of hydrogen-bond donors (Lipinski definition) is 0. The van der Waals surface area contributed by atoms with Crippen LogP contribution in [0.2, 0.25) is 0 Å². The molecule has 2 rings (SSSR count). The van der Waals surface area contributed by atoms with Gasteiger partial charge in [-0.2, -0.15) is 0 Å². The van der Waals surface area contributed by atoms with E-state index >= 15 is 0 Å². The van der Waals surface area contributed by atoms with E-state index in [0.717, 1.165) is 35.6 Å². The number of piperidine rings is 1. The molecule has 1 aromatic rings. The first-order chi connectivity index (χ1) is 7.63. The van der Waals surface area contributed by atoms with Crippen molar-refractivity contribution in [3.8, 4) is 0 Å². The second kappa shape index (κ2) is 5.28. The second-order valence-corrected chi connectivity index (χ2v) is 5.68. The van der Waals surface area contributed by atoms with Crippen LogP contribution in [0.1, 0.15) is 25.3 Å². The summed E-state index contributed by atoms with van der Waals surface area (Å²) in [5.41, 5.74) is 1.06. The summed E-state index contributed by atoms with van der Waals surface area (Å²) in [4.78, 5) is 2.41. The van der Waals surface area contributed by atoms with E-state index in [4.69, 9.17) is 0 Å². The standard InChI is InChI=1S/C13H17BrFN/c1-10-3-2-4-16(8-10)9-11-5-12(14)7-13(15)6-11/h5-7,10H,2-4,8-9H2,1H3. The lowest BCUT2D eigenvalue weighted by atomic mass is 10.00. The van der Waals surface area contributed by atoms with Crippen molar-refractivity contribution in [3.63, 3.8) is 0 Å². The van der Waals surface area contributed by atoms with Crippen LogP contribution in [-0.4, -0.2) is 18.0 Å². The van der Waals surface area contributed by atoms with Crippen LogP contribution in [0.25, 0.3) is 0 Å². The number of nitrogens with zero attached hydrogens (tertiary/aromatic N) is 1. The molecule has 0 amide bonds. The Morgan fingerprint density at radius 1 is 1.44 bits per heavy atom. The SMILES string of the molecule is CC1CCCN(Cc2cc(F)cc(Br)c2)C1. The van der Waals surface area contributed by atoms with Crippen LogP contribution in [0, 0.1) is 11.7 Å². The van der Waals surface area contributed by atoms with E-state index < -0.39 is 0 Å². The van der Waals surface area contributed by atoms with Gasteiger partial charge >= 0.3 is 0 Å². The maximum atomic E-state index is 13.2. The molecule has 1 aliphatic heterocycles. The summed E-state index contributed by atoms with van der Waals surface area (Å²) < 4.78 is 14.0. The summed E-state index contributed by atoms with van der Waals surface area (Å²) in [6.45, 7) is 5.42. The average molecular weight is 286 g/mol. The molecule has 16 heavy (non-hydrogen) atoms. The largest absolute Gasteiger partial charge is 0.299 e. The van der Waals surface area contributed by atoms with Gasteiger partial charge in [-0.05, 0) is 49.1 Å². The minimum atomic E-state index is -0.158. The molecule has 0 saturated carbocycles. The maximum Gasteiger partial charge on any atom is 0.124 e. The summed E-state index contributed by atoms with van der Waals surface area (Å²) >= 11 is 3.33. The quantitative estimate of drug-likeness (QED) is 0.799. The van der Waals surface area contributed by atoms with Gasteiger partial charge in [0.2, 0.25) is 0 Å². The van der Waals surface area contributed by atoms with Gasteiger partial charge in [-0.15, -0.1) is 0 Å². The molecular formula is C13H17BrFN. The Bertz CT molecular complexity index is 347. The Balaban J connectivity index is 2.02. The lowest BCUT2D eigenvalue weighted by Gasteiger charge is -2.30. The third-order valence-corrected chi connectivity index (χ3v) is 3.53. The van der Waals surface area contributed by atoms with Gasteiger partial charge in [-0.25, -0.2) is 4.39 Å². The summed E-state index contributed by atoms with van der Waals surface area (Å²) in [5, 5.41) is 0. The van der Waals surface area contributed by atoms with Gasteiger partial charge in [0.25, 0.3) is 0 Å². The summed E-state index contributed by atoms with van der Waals surface area (Å²) in [7, 11) is 0. The molecule has 88 valence electrons. The zero-order chi connectivity index (χ0) is 11.5. The fraction of sp³-hybridized carbons (Fsp3) is 0.538. The minimum Gasteiger partial charge on any atom is -0.299 e. The van der Waals surface area contributed by atoms with E-state index in [0.29, 0.717) is 0 Å². The first kappa shape index (κ1) is 12.1. The Hall–Kier alpha value is -0.410. The number of benzene rings is 1. The Morgan fingerprint density at radius 3 is 2.94 bits per heavy atom. The number of rotatable bonds is 2. The van der Waals surface area contributed by atoms with Crippen LogP contribution in [0.15, 0.2) is 22.7 Å². The van der Waals surface area contributed by atoms with E-state index in [1.165, 1.54) is 18.9 Å². The highest BCUT2D eigenvalue weighted by atomic mass is 79.9. The number of halogens is 2. The van der Waals surface area contributed by atoms with Crippen LogP contribution < -0.4 is 0 Å². The Labute approximate surface area is 105 Å². The highest BCUT2D eigenvalue weighted by molar-refractivity contribution is 9.10. The number of hydrogen-bond acceptors (Lipinski definition) is 1. The lowest BCUT2D eigenvalue weighted by molar-refractivity contribution is 0.176. The van der Waals surface area contributed by atoms with Crippen molar-refractivity contribution in [1.82, 2.24) is 4.90 Å². The molecule has 1 fully saturated rings. The minimum absolute atomic E-state index is 0.158. The van der Waals surface area contributed by atoms with Gasteiger partial charge in [0.15, 0.2) is 0 Å². The van der Waals surface area contributed by atoms with E-state index in [1.807, 2.05) is 6.07 Å².